The molecule has 1 aromatic carbocycles. The molecule has 1 unspecified atom stereocenters. The maximum atomic E-state index is 15.3. The van der Waals surface area contributed by atoms with Crippen LogP contribution in [0.3, 0.4) is 0 Å². The molecule has 0 amide bonds. The van der Waals surface area contributed by atoms with Crippen molar-refractivity contribution in [3.8, 4) is 17.0 Å². The summed E-state index contributed by atoms with van der Waals surface area (Å²) >= 11 is 12.9. The van der Waals surface area contributed by atoms with Crippen LogP contribution in [-0.2, 0) is 10.0 Å². The predicted molar refractivity (Wildman–Crippen MR) is 153 cm³/mol. The molecular formula is C27H27Cl2FN6O3S. The number of halogens is 3. The average Bonchev–Trinajstić information content (AvgIpc) is 3.22. The molecule has 9 nitrogen and oxygen atoms in total. The molecule has 13 heteroatoms. The second-order valence-electron chi connectivity index (χ2n) is 10.8. The van der Waals surface area contributed by atoms with Gasteiger partial charge in [0.2, 0.25) is 10.0 Å². The first-order valence-corrected chi connectivity index (χ1v) is 15.3. The van der Waals surface area contributed by atoms with E-state index in [2.05, 4.69) is 20.2 Å². The normalized spacial score (nSPS) is 17.6. The number of nitrogens with zero attached hydrogens (tertiary/aromatic N) is 5. The Bertz CT molecular complexity index is 1770. The zero-order valence-electron chi connectivity index (χ0n) is 22.3. The van der Waals surface area contributed by atoms with Crippen LogP contribution in [0.4, 0.5) is 10.2 Å². The highest BCUT2D eigenvalue weighted by molar-refractivity contribution is 7.88. The molecule has 2 aliphatic rings. The summed E-state index contributed by atoms with van der Waals surface area (Å²) in [7, 11) is -3.19. The van der Waals surface area contributed by atoms with Crippen LogP contribution in [0.25, 0.3) is 22.2 Å². The van der Waals surface area contributed by atoms with E-state index in [0.29, 0.717) is 64.5 Å². The van der Waals surface area contributed by atoms with Gasteiger partial charge in [-0.2, -0.15) is 5.10 Å². The highest BCUT2D eigenvalue weighted by Crippen LogP contribution is 2.43. The van der Waals surface area contributed by atoms with Crippen molar-refractivity contribution in [3.05, 3.63) is 63.3 Å². The van der Waals surface area contributed by atoms with E-state index in [-0.39, 0.29) is 11.2 Å². The molecular weight excluding hydrogens is 578 g/mol. The number of aromatic amines is 1. The van der Waals surface area contributed by atoms with Crippen LogP contribution in [0, 0.1) is 25.1 Å². The number of hydrogen-bond donors (Lipinski definition) is 1. The second-order valence-corrected chi connectivity index (χ2v) is 13.6. The van der Waals surface area contributed by atoms with Gasteiger partial charge in [-0.05, 0) is 44.5 Å². The molecule has 2 aliphatic heterocycles. The maximum Gasteiger partial charge on any atom is 0.211 e. The number of H-pyrrole nitrogens is 1. The summed E-state index contributed by atoms with van der Waals surface area (Å²) < 4.78 is 46.4. The maximum absolute atomic E-state index is 15.3. The minimum absolute atomic E-state index is 0.122. The largest absolute Gasteiger partial charge is 0.486 e. The average molecular weight is 606 g/mol. The molecule has 6 rings (SSSR count). The molecule has 40 heavy (non-hydrogen) atoms. The van der Waals surface area contributed by atoms with Gasteiger partial charge in [-0.1, -0.05) is 23.2 Å². The van der Waals surface area contributed by atoms with Gasteiger partial charge in [-0.3, -0.25) is 10.1 Å². The van der Waals surface area contributed by atoms with Gasteiger partial charge in [0.1, 0.15) is 17.5 Å². The molecule has 0 bridgehead atoms. The van der Waals surface area contributed by atoms with Crippen LogP contribution < -0.4 is 9.64 Å². The van der Waals surface area contributed by atoms with E-state index < -0.39 is 21.9 Å². The highest BCUT2D eigenvalue weighted by atomic mass is 35.5. The van der Waals surface area contributed by atoms with Gasteiger partial charge in [0.05, 0.1) is 27.5 Å². The molecule has 210 valence electrons. The Morgan fingerprint density at radius 2 is 1.82 bits per heavy atom. The lowest BCUT2D eigenvalue weighted by Crippen LogP contribution is -2.73. The zero-order chi connectivity index (χ0) is 28.6. The molecule has 2 saturated heterocycles. The number of fused-ring (bicyclic) bond motifs is 1. The monoisotopic (exact) mass is 604 g/mol. The van der Waals surface area contributed by atoms with E-state index in [1.165, 1.54) is 16.6 Å². The Labute approximate surface area is 241 Å². The van der Waals surface area contributed by atoms with Gasteiger partial charge in [-0.15, -0.1) is 0 Å². The van der Waals surface area contributed by atoms with Gasteiger partial charge in [0.15, 0.2) is 11.6 Å². The SMILES string of the molecule is Cc1cc2[nH]nc(-c3cnc(N4CC5(C4)CN(S(C)(=O)=O)C5)c(F)c3)c2cc1OC(C)c1c(Cl)cnc(C)c1Cl. The number of sulfonamides is 1. The van der Waals surface area contributed by atoms with Crippen LogP contribution in [0.1, 0.15) is 29.8 Å². The predicted octanol–water partition coefficient (Wildman–Crippen LogP) is 5.30. The van der Waals surface area contributed by atoms with Crippen molar-refractivity contribution >= 4 is 49.9 Å². The van der Waals surface area contributed by atoms with Crippen molar-refractivity contribution in [1.82, 2.24) is 24.5 Å². The van der Waals surface area contributed by atoms with Crippen LogP contribution in [-0.4, -0.2) is 65.3 Å². The minimum Gasteiger partial charge on any atom is -0.486 e. The summed E-state index contributed by atoms with van der Waals surface area (Å²) in [6.07, 6.45) is 3.92. The first kappa shape index (κ1) is 27.2. The third-order valence-electron chi connectivity index (χ3n) is 7.69. The van der Waals surface area contributed by atoms with Gasteiger partial charge >= 0.3 is 0 Å². The van der Waals surface area contributed by atoms with E-state index >= 15 is 4.39 Å². The molecule has 1 N–H and O–H groups in total. The molecule has 4 aromatic rings. The fraction of sp³-hybridized carbons (Fsp3) is 0.370. The first-order chi connectivity index (χ1) is 18.8. The quantitative estimate of drug-likeness (QED) is 0.318. The van der Waals surface area contributed by atoms with Crippen LogP contribution in [0.15, 0.2) is 30.6 Å². The van der Waals surface area contributed by atoms with Gasteiger partial charge in [0.25, 0.3) is 0 Å². The Balaban J connectivity index is 1.24. The topological polar surface area (TPSA) is 104 Å². The van der Waals surface area contributed by atoms with Gasteiger partial charge < -0.3 is 9.64 Å². The van der Waals surface area contributed by atoms with Gasteiger partial charge in [-0.25, -0.2) is 22.1 Å². The third kappa shape index (κ3) is 4.58. The number of benzene rings is 1. The van der Waals surface area contributed by atoms with Crippen molar-refractivity contribution in [2.24, 2.45) is 5.41 Å². The summed E-state index contributed by atoms with van der Waals surface area (Å²) in [5, 5.41) is 9.09. The van der Waals surface area contributed by atoms with E-state index in [4.69, 9.17) is 27.9 Å². The van der Waals surface area contributed by atoms with Crippen LogP contribution >= 0.6 is 23.2 Å². The van der Waals surface area contributed by atoms with Crippen molar-refractivity contribution in [2.45, 2.75) is 26.9 Å². The number of pyridine rings is 2. The summed E-state index contributed by atoms with van der Waals surface area (Å²) in [6.45, 7) is 7.66. The Morgan fingerprint density at radius 1 is 1.10 bits per heavy atom. The van der Waals surface area contributed by atoms with Crippen molar-refractivity contribution in [3.63, 3.8) is 0 Å². The smallest absolute Gasteiger partial charge is 0.211 e. The van der Waals surface area contributed by atoms with E-state index in [1.807, 2.05) is 37.8 Å². The molecule has 0 aliphatic carbocycles. The summed E-state index contributed by atoms with van der Waals surface area (Å²) in [6, 6.07) is 5.21. The number of anilines is 1. The molecule has 0 saturated carbocycles. The highest BCUT2D eigenvalue weighted by Gasteiger charge is 2.55. The Morgan fingerprint density at radius 3 is 2.50 bits per heavy atom. The molecule has 2 fully saturated rings. The third-order valence-corrected chi connectivity index (χ3v) is 9.67. The molecule has 1 atom stereocenters. The first-order valence-electron chi connectivity index (χ1n) is 12.7. The molecule has 1 spiro atoms. The summed E-state index contributed by atoms with van der Waals surface area (Å²) in [4.78, 5) is 10.4. The van der Waals surface area contributed by atoms with Crippen LogP contribution in [0.5, 0.6) is 5.75 Å². The van der Waals surface area contributed by atoms with Crippen molar-refractivity contribution in [2.75, 3.05) is 37.3 Å². The lowest BCUT2D eigenvalue weighted by atomic mass is 9.74. The number of aromatic nitrogens is 4. The standard InChI is InChI=1S/C27H27Cl2FN6O3S/c1-14-5-21-18(7-22(14)39-16(3)23-19(28)9-31-15(2)24(23)29)25(34-33-21)17-6-20(30)26(32-8-17)35-10-27(11-35)12-36(13-27)40(4,37)38/h5-9,16H,10-13H2,1-4H3,(H,33,34). The van der Waals surface area contributed by atoms with Gasteiger partial charge in [0, 0.05) is 60.5 Å². The van der Waals surface area contributed by atoms with E-state index in [9.17, 15) is 8.42 Å². The minimum atomic E-state index is -3.19. The Hall–Kier alpha value is -2.99. The Kier molecular flexibility index (Phi) is 6.49. The fourth-order valence-corrected chi connectivity index (χ4v) is 7.21. The summed E-state index contributed by atoms with van der Waals surface area (Å²) in [5.41, 5.74) is 3.92. The number of ether oxygens (including phenoxy) is 1. The number of nitrogens with one attached hydrogen (secondary N) is 1. The summed E-state index contributed by atoms with van der Waals surface area (Å²) in [5.74, 6) is 0.406. The number of aryl methyl sites for hydroxylation is 2. The zero-order valence-corrected chi connectivity index (χ0v) is 24.6. The van der Waals surface area contributed by atoms with E-state index in [0.717, 1.165) is 16.5 Å². The second kappa shape index (κ2) is 9.54. The van der Waals surface area contributed by atoms with Crippen molar-refractivity contribution < 1.29 is 17.5 Å². The molecule has 5 heterocycles. The van der Waals surface area contributed by atoms with E-state index in [1.54, 1.807) is 12.4 Å². The lowest BCUT2D eigenvalue weighted by molar-refractivity contribution is 0.0390. The lowest BCUT2D eigenvalue weighted by Gasteiger charge is -2.59. The van der Waals surface area contributed by atoms with Crippen LogP contribution in [0.2, 0.25) is 10.0 Å². The van der Waals surface area contributed by atoms with Crippen molar-refractivity contribution in [1.29, 1.82) is 0 Å². The number of hydrogen-bond acceptors (Lipinski definition) is 7. The number of rotatable bonds is 6. The molecule has 3 aromatic heterocycles. The molecule has 0 radical (unpaired) electrons. The fourth-order valence-electron chi connectivity index (χ4n) is 5.54.